The smallest absolute Gasteiger partial charge is 0.157 e. The predicted molar refractivity (Wildman–Crippen MR) is 87.9 cm³/mol. The molecule has 1 N–H and O–H groups in total. The fourth-order valence-electron chi connectivity index (χ4n) is 2.86. The largest absolute Gasteiger partial charge is 0.312 e. The summed E-state index contributed by atoms with van der Waals surface area (Å²) >= 11 is 0. The molecule has 5 nitrogen and oxygen atoms in total. The summed E-state index contributed by atoms with van der Waals surface area (Å²) in [6.07, 6.45) is 3.92. The number of hydrogen-bond acceptors (Lipinski definition) is 4. The molecule has 21 heavy (non-hydrogen) atoms. The summed E-state index contributed by atoms with van der Waals surface area (Å²) < 4.78 is 1.98. The molecule has 1 saturated heterocycles. The minimum Gasteiger partial charge on any atom is -0.312 e. The van der Waals surface area contributed by atoms with Gasteiger partial charge in [0.15, 0.2) is 5.65 Å². The first kappa shape index (κ1) is 16.2. The molecule has 6 heteroatoms. The standard InChI is InChI=1S/C15H23N5.ClH/c1-11(2)20-15-14(8-18-20)6-13(7-17-15)10-19-5-4-16-12(3)9-19;/h6-8,11-12,16H,4-5,9-10H2,1-3H3;1H/t12-;/m0./s1. The van der Waals surface area contributed by atoms with Crippen molar-refractivity contribution in [1.29, 1.82) is 0 Å². The third kappa shape index (κ3) is 3.54. The molecule has 116 valence electrons. The SMILES string of the molecule is CC(C)n1ncc2cc(CN3CCN[C@@H](C)C3)cnc21.Cl. The van der Waals surface area contributed by atoms with Crippen LogP contribution < -0.4 is 5.32 Å². The highest BCUT2D eigenvalue weighted by Gasteiger charge is 2.16. The number of nitrogens with zero attached hydrogens (tertiary/aromatic N) is 4. The minimum absolute atomic E-state index is 0. The van der Waals surface area contributed by atoms with Gasteiger partial charge in [0.2, 0.25) is 0 Å². The molecule has 2 aromatic rings. The van der Waals surface area contributed by atoms with Gasteiger partial charge in [0.05, 0.1) is 6.20 Å². The summed E-state index contributed by atoms with van der Waals surface area (Å²) in [6.45, 7) is 10.7. The Kier molecular flexibility index (Phi) is 5.19. The molecule has 1 atom stereocenters. The molecule has 0 radical (unpaired) electrons. The third-order valence-electron chi connectivity index (χ3n) is 3.84. The van der Waals surface area contributed by atoms with E-state index in [1.165, 1.54) is 5.56 Å². The molecule has 1 aliphatic heterocycles. The lowest BCUT2D eigenvalue weighted by Crippen LogP contribution is -2.48. The summed E-state index contributed by atoms with van der Waals surface area (Å²) in [5.74, 6) is 0. The van der Waals surface area contributed by atoms with Gasteiger partial charge in [-0.3, -0.25) is 4.90 Å². The van der Waals surface area contributed by atoms with Gasteiger partial charge in [0.1, 0.15) is 0 Å². The van der Waals surface area contributed by atoms with Crippen LogP contribution in [0.15, 0.2) is 18.5 Å². The van der Waals surface area contributed by atoms with Crippen molar-refractivity contribution in [3.05, 3.63) is 24.0 Å². The zero-order valence-electron chi connectivity index (χ0n) is 12.9. The average Bonchev–Trinajstić information content (AvgIpc) is 2.82. The van der Waals surface area contributed by atoms with E-state index in [0.29, 0.717) is 12.1 Å². The summed E-state index contributed by atoms with van der Waals surface area (Å²) in [4.78, 5) is 7.09. The van der Waals surface area contributed by atoms with Crippen LogP contribution in [0.5, 0.6) is 0 Å². The van der Waals surface area contributed by atoms with Gasteiger partial charge in [0, 0.05) is 49.8 Å². The highest BCUT2D eigenvalue weighted by atomic mass is 35.5. The summed E-state index contributed by atoms with van der Waals surface area (Å²) in [5, 5.41) is 9.04. The number of halogens is 1. The Morgan fingerprint density at radius 3 is 2.90 bits per heavy atom. The zero-order valence-corrected chi connectivity index (χ0v) is 13.7. The fourth-order valence-corrected chi connectivity index (χ4v) is 2.86. The lowest BCUT2D eigenvalue weighted by molar-refractivity contribution is 0.199. The van der Waals surface area contributed by atoms with Crippen molar-refractivity contribution >= 4 is 23.4 Å². The number of nitrogens with one attached hydrogen (secondary N) is 1. The van der Waals surface area contributed by atoms with Crippen molar-refractivity contribution in [3.63, 3.8) is 0 Å². The second-order valence-corrected chi connectivity index (χ2v) is 6.03. The van der Waals surface area contributed by atoms with Crippen LogP contribution in [0.4, 0.5) is 0 Å². The molecule has 0 bridgehead atoms. The molecule has 0 aliphatic carbocycles. The van der Waals surface area contributed by atoms with E-state index >= 15 is 0 Å². The zero-order chi connectivity index (χ0) is 14.1. The maximum Gasteiger partial charge on any atom is 0.157 e. The van der Waals surface area contributed by atoms with E-state index in [4.69, 9.17) is 0 Å². The highest BCUT2D eigenvalue weighted by molar-refractivity contribution is 5.85. The normalized spacial score (nSPS) is 19.9. The Morgan fingerprint density at radius 2 is 2.19 bits per heavy atom. The Hall–Kier alpha value is -1.17. The Morgan fingerprint density at radius 1 is 1.38 bits per heavy atom. The topological polar surface area (TPSA) is 46.0 Å². The van der Waals surface area contributed by atoms with Crippen LogP contribution in [0.2, 0.25) is 0 Å². The van der Waals surface area contributed by atoms with E-state index in [2.05, 4.69) is 47.1 Å². The van der Waals surface area contributed by atoms with E-state index in [-0.39, 0.29) is 12.4 Å². The summed E-state index contributed by atoms with van der Waals surface area (Å²) in [7, 11) is 0. The lowest BCUT2D eigenvalue weighted by atomic mass is 10.2. The molecule has 1 aliphatic rings. The first-order valence-electron chi connectivity index (χ1n) is 7.41. The van der Waals surface area contributed by atoms with Gasteiger partial charge >= 0.3 is 0 Å². The maximum absolute atomic E-state index is 4.61. The molecule has 0 saturated carbocycles. The molecular formula is C15H24ClN5. The monoisotopic (exact) mass is 309 g/mol. The Labute approximate surface area is 132 Å². The van der Waals surface area contributed by atoms with Crippen molar-refractivity contribution < 1.29 is 0 Å². The Bertz CT molecular complexity index is 595. The van der Waals surface area contributed by atoms with Crippen LogP contribution in [0, 0.1) is 0 Å². The fraction of sp³-hybridized carbons (Fsp3) is 0.600. The van der Waals surface area contributed by atoms with E-state index in [9.17, 15) is 0 Å². The van der Waals surface area contributed by atoms with Gasteiger partial charge < -0.3 is 5.32 Å². The van der Waals surface area contributed by atoms with Crippen molar-refractivity contribution in [2.45, 2.75) is 39.4 Å². The molecule has 0 aromatic carbocycles. The minimum atomic E-state index is 0. The summed E-state index contributed by atoms with van der Waals surface area (Å²) in [6, 6.07) is 3.14. The molecule has 3 heterocycles. The number of fused-ring (bicyclic) bond motifs is 1. The third-order valence-corrected chi connectivity index (χ3v) is 3.84. The predicted octanol–water partition coefficient (Wildman–Crippen LogP) is 2.23. The van der Waals surface area contributed by atoms with E-state index in [1.54, 1.807) is 0 Å². The first-order valence-corrected chi connectivity index (χ1v) is 7.41. The highest BCUT2D eigenvalue weighted by Crippen LogP contribution is 2.17. The van der Waals surface area contributed by atoms with Gasteiger partial charge in [-0.1, -0.05) is 0 Å². The van der Waals surface area contributed by atoms with Crippen LogP contribution in [0.1, 0.15) is 32.4 Å². The molecule has 0 spiro atoms. The molecule has 2 aromatic heterocycles. The van der Waals surface area contributed by atoms with Crippen LogP contribution in [0.25, 0.3) is 11.0 Å². The van der Waals surface area contributed by atoms with Crippen LogP contribution in [-0.2, 0) is 6.54 Å². The average molecular weight is 310 g/mol. The first-order chi connectivity index (χ1) is 9.63. The van der Waals surface area contributed by atoms with Gasteiger partial charge in [-0.2, -0.15) is 5.10 Å². The van der Waals surface area contributed by atoms with Crippen LogP contribution >= 0.6 is 12.4 Å². The van der Waals surface area contributed by atoms with Gasteiger partial charge in [-0.05, 0) is 32.4 Å². The van der Waals surface area contributed by atoms with E-state index in [1.807, 2.05) is 17.1 Å². The van der Waals surface area contributed by atoms with Crippen molar-refractivity contribution in [3.8, 4) is 0 Å². The van der Waals surface area contributed by atoms with Crippen LogP contribution in [-0.4, -0.2) is 45.3 Å². The number of rotatable bonds is 3. The van der Waals surface area contributed by atoms with Crippen molar-refractivity contribution in [1.82, 2.24) is 25.0 Å². The Balaban J connectivity index is 0.00000161. The molecule has 1 fully saturated rings. The quantitative estimate of drug-likeness (QED) is 0.944. The van der Waals surface area contributed by atoms with Gasteiger partial charge in [0.25, 0.3) is 0 Å². The lowest BCUT2D eigenvalue weighted by Gasteiger charge is -2.31. The molecular weight excluding hydrogens is 286 g/mol. The second kappa shape index (κ2) is 6.73. The molecule has 0 unspecified atom stereocenters. The van der Waals surface area contributed by atoms with Gasteiger partial charge in [-0.15, -0.1) is 12.4 Å². The van der Waals surface area contributed by atoms with Crippen LogP contribution in [0.3, 0.4) is 0 Å². The van der Waals surface area contributed by atoms with E-state index in [0.717, 1.165) is 37.2 Å². The second-order valence-electron chi connectivity index (χ2n) is 6.03. The molecule has 0 amide bonds. The van der Waals surface area contributed by atoms with Gasteiger partial charge in [-0.25, -0.2) is 9.67 Å². The molecule has 3 rings (SSSR count). The number of piperazine rings is 1. The maximum atomic E-state index is 4.61. The van der Waals surface area contributed by atoms with Crippen molar-refractivity contribution in [2.75, 3.05) is 19.6 Å². The number of aromatic nitrogens is 3. The number of pyridine rings is 1. The van der Waals surface area contributed by atoms with Crippen molar-refractivity contribution in [2.24, 2.45) is 0 Å². The summed E-state index contributed by atoms with van der Waals surface area (Å²) in [5.41, 5.74) is 2.26. The number of hydrogen-bond donors (Lipinski definition) is 1. The van der Waals surface area contributed by atoms with E-state index < -0.39 is 0 Å².